The smallest absolute Gasteiger partial charge is 0.191 e. The van der Waals surface area contributed by atoms with E-state index in [0.29, 0.717) is 6.54 Å². The second kappa shape index (κ2) is 12.0. The van der Waals surface area contributed by atoms with Gasteiger partial charge in [-0.3, -0.25) is 0 Å². The molecular weight excluding hydrogens is 362 g/mol. The minimum absolute atomic E-state index is 0.218. The van der Waals surface area contributed by atoms with Crippen LogP contribution < -0.4 is 15.4 Å². The summed E-state index contributed by atoms with van der Waals surface area (Å²) in [5, 5.41) is 6.84. The number of nitrogens with zero attached hydrogens (tertiary/aromatic N) is 3. The maximum absolute atomic E-state index is 6.09. The van der Waals surface area contributed by atoms with Crippen LogP contribution in [-0.2, 0) is 6.54 Å². The number of likely N-dealkylation sites (N-methyl/N-ethyl adjacent to an activating group) is 1. The molecule has 0 bridgehead atoms. The van der Waals surface area contributed by atoms with Crippen LogP contribution in [0.3, 0.4) is 0 Å². The van der Waals surface area contributed by atoms with E-state index in [4.69, 9.17) is 9.73 Å². The minimum atomic E-state index is -0.218. The average Bonchev–Trinajstić information content (AvgIpc) is 2.87. The van der Waals surface area contributed by atoms with E-state index in [-0.39, 0.29) is 5.60 Å². The number of hydrogen-bond donors (Lipinski definition) is 2. The highest BCUT2D eigenvalue weighted by molar-refractivity contribution is 5.79. The Balaban J connectivity index is 1.84. The van der Waals surface area contributed by atoms with Crippen molar-refractivity contribution < 1.29 is 4.74 Å². The Kier molecular flexibility index (Phi) is 9.74. The van der Waals surface area contributed by atoms with E-state index in [2.05, 4.69) is 61.2 Å². The van der Waals surface area contributed by atoms with Crippen LogP contribution in [0.15, 0.2) is 29.3 Å². The maximum atomic E-state index is 6.09. The molecule has 29 heavy (non-hydrogen) atoms. The molecule has 0 aliphatic carbocycles. The largest absolute Gasteiger partial charge is 0.488 e. The van der Waals surface area contributed by atoms with Crippen molar-refractivity contribution in [2.45, 2.75) is 52.7 Å². The topological polar surface area (TPSA) is 52.1 Å². The third kappa shape index (κ3) is 9.50. The molecule has 1 saturated heterocycles. The molecule has 0 amide bonds. The Morgan fingerprint density at radius 2 is 1.90 bits per heavy atom. The summed E-state index contributed by atoms with van der Waals surface area (Å²) in [6.07, 6.45) is 2.39. The lowest BCUT2D eigenvalue weighted by Crippen LogP contribution is -2.39. The summed E-state index contributed by atoms with van der Waals surface area (Å²) in [5.74, 6) is 1.78. The normalized spacial score (nSPS) is 17.1. The SMILES string of the molecule is CCNC(=NCc1ccccc1OC(C)(C)C)NCCCN1CCCN(C)CC1. The summed E-state index contributed by atoms with van der Waals surface area (Å²) in [5.41, 5.74) is 0.887. The molecule has 6 heteroatoms. The lowest BCUT2D eigenvalue weighted by Gasteiger charge is -2.23. The van der Waals surface area contributed by atoms with Crippen LogP contribution in [0, 0.1) is 0 Å². The fraction of sp³-hybridized carbons (Fsp3) is 0.696. The highest BCUT2D eigenvalue weighted by Gasteiger charge is 2.14. The van der Waals surface area contributed by atoms with E-state index in [0.717, 1.165) is 43.3 Å². The highest BCUT2D eigenvalue weighted by atomic mass is 16.5. The van der Waals surface area contributed by atoms with Gasteiger partial charge in [0, 0.05) is 31.7 Å². The number of ether oxygens (including phenoxy) is 1. The summed E-state index contributed by atoms with van der Waals surface area (Å²) < 4.78 is 6.09. The van der Waals surface area contributed by atoms with Crippen molar-refractivity contribution in [3.05, 3.63) is 29.8 Å². The zero-order valence-corrected chi connectivity index (χ0v) is 19.1. The summed E-state index contributed by atoms with van der Waals surface area (Å²) in [4.78, 5) is 9.78. The van der Waals surface area contributed by atoms with Gasteiger partial charge in [0.15, 0.2) is 5.96 Å². The Morgan fingerprint density at radius 1 is 1.10 bits per heavy atom. The molecule has 1 aromatic carbocycles. The number of guanidine groups is 1. The van der Waals surface area contributed by atoms with Gasteiger partial charge in [0.05, 0.1) is 6.54 Å². The Morgan fingerprint density at radius 3 is 2.66 bits per heavy atom. The Hall–Kier alpha value is -1.79. The van der Waals surface area contributed by atoms with Gasteiger partial charge in [0.2, 0.25) is 0 Å². The van der Waals surface area contributed by atoms with Gasteiger partial charge in [-0.25, -0.2) is 4.99 Å². The maximum Gasteiger partial charge on any atom is 0.191 e. The van der Waals surface area contributed by atoms with Gasteiger partial charge >= 0.3 is 0 Å². The van der Waals surface area contributed by atoms with Gasteiger partial charge in [0.25, 0.3) is 0 Å². The molecule has 1 aliphatic heterocycles. The van der Waals surface area contributed by atoms with Crippen molar-refractivity contribution in [2.75, 3.05) is 52.9 Å². The summed E-state index contributed by atoms with van der Waals surface area (Å²) in [7, 11) is 2.22. The first-order valence-electron chi connectivity index (χ1n) is 11.1. The predicted molar refractivity (Wildman–Crippen MR) is 123 cm³/mol. The van der Waals surface area contributed by atoms with Crippen molar-refractivity contribution >= 4 is 5.96 Å². The predicted octanol–water partition coefficient (Wildman–Crippen LogP) is 2.95. The Bertz CT molecular complexity index is 626. The highest BCUT2D eigenvalue weighted by Crippen LogP contribution is 2.23. The van der Waals surface area contributed by atoms with E-state index in [1.54, 1.807) is 0 Å². The van der Waals surface area contributed by atoms with Crippen LogP contribution >= 0.6 is 0 Å². The molecule has 0 unspecified atom stereocenters. The number of rotatable bonds is 8. The lowest BCUT2D eigenvalue weighted by molar-refractivity contribution is 0.129. The number of aliphatic imine (C=N–C) groups is 1. The zero-order valence-electron chi connectivity index (χ0n) is 19.1. The average molecular weight is 404 g/mol. The molecule has 164 valence electrons. The Labute approximate surface area is 177 Å². The first kappa shape index (κ1) is 23.5. The zero-order chi connectivity index (χ0) is 21.1. The van der Waals surface area contributed by atoms with Gasteiger partial charge in [-0.1, -0.05) is 18.2 Å². The van der Waals surface area contributed by atoms with E-state index in [9.17, 15) is 0 Å². The fourth-order valence-corrected chi connectivity index (χ4v) is 3.40. The molecule has 0 radical (unpaired) electrons. The van der Waals surface area contributed by atoms with Crippen molar-refractivity contribution in [2.24, 2.45) is 4.99 Å². The molecule has 2 N–H and O–H groups in total. The molecule has 6 nitrogen and oxygen atoms in total. The van der Waals surface area contributed by atoms with Crippen molar-refractivity contribution in [3.8, 4) is 5.75 Å². The van der Waals surface area contributed by atoms with Crippen LogP contribution in [0.2, 0.25) is 0 Å². The van der Waals surface area contributed by atoms with Crippen LogP contribution in [0.1, 0.15) is 46.1 Å². The molecule has 1 aliphatic rings. The van der Waals surface area contributed by atoms with Crippen molar-refractivity contribution in [3.63, 3.8) is 0 Å². The molecule has 1 fully saturated rings. The molecule has 0 spiro atoms. The monoisotopic (exact) mass is 403 g/mol. The third-order valence-corrected chi connectivity index (χ3v) is 4.90. The van der Waals surface area contributed by atoms with E-state index in [1.807, 2.05) is 18.2 Å². The lowest BCUT2D eigenvalue weighted by atomic mass is 10.1. The molecule has 1 aromatic rings. The van der Waals surface area contributed by atoms with Gasteiger partial charge in [0.1, 0.15) is 11.4 Å². The number of benzene rings is 1. The van der Waals surface area contributed by atoms with Crippen molar-refractivity contribution in [1.82, 2.24) is 20.4 Å². The number of nitrogens with one attached hydrogen (secondary N) is 2. The minimum Gasteiger partial charge on any atom is -0.488 e. The van der Waals surface area contributed by atoms with Crippen LogP contribution in [0.5, 0.6) is 5.75 Å². The van der Waals surface area contributed by atoms with Gasteiger partial charge in [-0.05, 0) is 73.3 Å². The van der Waals surface area contributed by atoms with E-state index >= 15 is 0 Å². The number of para-hydroxylation sites is 1. The first-order valence-corrected chi connectivity index (χ1v) is 11.1. The second-order valence-electron chi connectivity index (χ2n) is 8.80. The van der Waals surface area contributed by atoms with Crippen LogP contribution in [0.4, 0.5) is 0 Å². The first-order chi connectivity index (χ1) is 13.9. The quantitative estimate of drug-likeness (QED) is 0.397. The molecule has 0 atom stereocenters. The summed E-state index contributed by atoms with van der Waals surface area (Å²) >= 11 is 0. The van der Waals surface area contributed by atoms with E-state index < -0.39 is 0 Å². The fourth-order valence-electron chi connectivity index (χ4n) is 3.40. The standard InChI is InChI=1S/C23H41N5O/c1-6-24-22(25-13-9-15-28-16-10-14-27(5)17-18-28)26-19-20-11-7-8-12-21(20)29-23(2,3)4/h7-8,11-12H,6,9-10,13-19H2,1-5H3,(H2,24,25,26). The van der Waals surface area contributed by atoms with Gasteiger partial charge in [-0.15, -0.1) is 0 Å². The summed E-state index contributed by atoms with van der Waals surface area (Å²) in [6, 6.07) is 8.16. The second-order valence-corrected chi connectivity index (χ2v) is 8.80. The van der Waals surface area contributed by atoms with E-state index in [1.165, 1.54) is 32.6 Å². The molecule has 0 saturated carbocycles. The van der Waals surface area contributed by atoms with Gasteiger partial charge < -0.3 is 25.2 Å². The van der Waals surface area contributed by atoms with Crippen LogP contribution in [0.25, 0.3) is 0 Å². The van der Waals surface area contributed by atoms with Gasteiger partial charge in [-0.2, -0.15) is 0 Å². The molecule has 0 aromatic heterocycles. The van der Waals surface area contributed by atoms with Crippen molar-refractivity contribution in [1.29, 1.82) is 0 Å². The molecular formula is C23H41N5O. The molecule has 1 heterocycles. The summed E-state index contributed by atoms with van der Waals surface area (Å²) in [6.45, 7) is 16.6. The van der Waals surface area contributed by atoms with Crippen LogP contribution in [-0.4, -0.2) is 74.2 Å². The molecule has 2 rings (SSSR count). The number of hydrogen-bond acceptors (Lipinski definition) is 4. The third-order valence-electron chi connectivity index (χ3n) is 4.90.